The molecule has 2 N–H and O–H groups in total. The second kappa shape index (κ2) is 7.49. The first-order valence-electron chi connectivity index (χ1n) is 8.69. The molecule has 3 rings (SSSR count). The van der Waals surface area contributed by atoms with Gasteiger partial charge in [0.25, 0.3) is 0 Å². The molecule has 4 nitrogen and oxygen atoms in total. The number of likely N-dealkylation sites (N-methyl/N-ethyl adjacent to an activating group) is 1. The Morgan fingerprint density at radius 3 is 2.58 bits per heavy atom. The highest BCUT2D eigenvalue weighted by atomic mass is 16.2. The van der Waals surface area contributed by atoms with Crippen molar-refractivity contribution < 1.29 is 4.79 Å². The number of fused-ring (bicyclic) bond motifs is 3. The maximum Gasteiger partial charge on any atom is 0.319 e. The van der Waals surface area contributed by atoms with E-state index in [0.717, 1.165) is 31.7 Å². The second-order valence-corrected chi connectivity index (χ2v) is 6.11. The molecule has 0 fully saturated rings. The topological polar surface area (TPSA) is 44.4 Å². The quantitative estimate of drug-likeness (QED) is 0.726. The van der Waals surface area contributed by atoms with Gasteiger partial charge in [-0.2, -0.15) is 0 Å². The fourth-order valence-electron chi connectivity index (χ4n) is 3.27. The van der Waals surface area contributed by atoms with Crippen molar-refractivity contribution in [2.45, 2.75) is 20.3 Å². The Morgan fingerprint density at radius 2 is 1.79 bits per heavy atom. The lowest BCUT2D eigenvalue weighted by molar-refractivity contribution is 0.248. The number of anilines is 1. The zero-order valence-electron chi connectivity index (χ0n) is 14.4. The van der Waals surface area contributed by atoms with E-state index in [9.17, 15) is 4.79 Å². The minimum Gasteiger partial charge on any atom is -0.337 e. The molecule has 0 saturated heterocycles. The summed E-state index contributed by atoms with van der Waals surface area (Å²) in [6, 6.07) is 14.5. The van der Waals surface area contributed by atoms with Crippen molar-refractivity contribution in [1.29, 1.82) is 0 Å². The summed E-state index contributed by atoms with van der Waals surface area (Å²) in [5, 5.41) is 5.86. The van der Waals surface area contributed by atoms with Gasteiger partial charge in [0.1, 0.15) is 0 Å². The van der Waals surface area contributed by atoms with Gasteiger partial charge >= 0.3 is 6.03 Å². The molecule has 4 heteroatoms. The van der Waals surface area contributed by atoms with Crippen molar-refractivity contribution in [2.24, 2.45) is 0 Å². The summed E-state index contributed by atoms with van der Waals surface area (Å²) in [5.74, 6) is 0. The van der Waals surface area contributed by atoms with Gasteiger partial charge in [-0.25, -0.2) is 4.79 Å². The third kappa shape index (κ3) is 3.60. The molecular formula is C20H25N3O. The Labute approximate surface area is 143 Å². The zero-order chi connectivity index (χ0) is 16.9. The first kappa shape index (κ1) is 16.5. The lowest BCUT2D eigenvalue weighted by Crippen LogP contribution is -2.36. The van der Waals surface area contributed by atoms with E-state index in [1.807, 2.05) is 6.07 Å². The smallest absolute Gasteiger partial charge is 0.319 e. The van der Waals surface area contributed by atoms with Crippen molar-refractivity contribution in [3.63, 3.8) is 0 Å². The average molecular weight is 323 g/mol. The molecule has 2 aromatic carbocycles. The van der Waals surface area contributed by atoms with Crippen molar-refractivity contribution in [3.8, 4) is 11.1 Å². The number of hydrogen-bond acceptors (Lipinski definition) is 2. The largest absolute Gasteiger partial charge is 0.337 e. The van der Waals surface area contributed by atoms with Crippen LogP contribution in [0.5, 0.6) is 0 Å². The SMILES string of the molecule is CCN(CC)CCNC(=O)Nc1ccc2c(c1)Cc1ccccc1-2. The van der Waals surface area contributed by atoms with Gasteiger partial charge in [0.05, 0.1) is 0 Å². The molecule has 0 atom stereocenters. The molecule has 0 aliphatic heterocycles. The molecule has 0 radical (unpaired) electrons. The summed E-state index contributed by atoms with van der Waals surface area (Å²) in [7, 11) is 0. The summed E-state index contributed by atoms with van der Waals surface area (Å²) < 4.78 is 0. The van der Waals surface area contributed by atoms with Crippen LogP contribution in [-0.4, -0.2) is 37.1 Å². The maximum absolute atomic E-state index is 12.0. The van der Waals surface area contributed by atoms with Crippen LogP contribution in [-0.2, 0) is 6.42 Å². The number of amides is 2. The number of rotatable bonds is 6. The minimum atomic E-state index is -0.141. The molecule has 0 unspecified atom stereocenters. The van der Waals surface area contributed by atoms with Crippen molar-refractivity contribution in [3.05, 3.63) is 53.6 Å². The molecule has 0 heterocycles. The molecular weight excluding hydrogens is 298 g/mol. The average Bonchev–Trinajstić information content (AvgIpc) is 2.96. The normalized spacial score (nSPS) is 12.0. The molecule has 0 bridgehead atoms. The van der Waals surface area contributed by atoms with Crippen LogP contribution in [0.25, 0.3) is 11.1 Å². The molecule has 24 heavy (non-hydrogen) atoms. The molecule has 1 aliphatic rings. The van der Waals surface area contributed by atoms with E-state index in [0.29, 0.717) is 6.54 Å². The van der Waals surface area contributed by atoms with E-state index >= 15 is 0 Å². The highest BCUT2D eigenvalue weighted by Crippen LogP contribution is 2.37. The molecule has 126 valence electrons. The van der Waals surface area contributed by atoms with E-state index in [1.165, 1.54) is 22.3 Å². The number of carbonyl (C=O) groups is 1. The van der Waals surface area contributed by atoms with E-state index < -0.39 is 0 Å². The van der Waals surface area contributed by atoms with E-state index in [-0.39, 0.29) is 6.03 Å². The predicted molar refractivity (Wildman–Crippen MR) is 99.5 cm³/mol. The minimum absolute atomic E-state index is 0.141. The summed E-state index contributed by atoms with van der Waals surface area (Å²) in [4.78, 5) is 14.3. The molecule has 0 saturated carbocycles. The van der Waals surface area contributed by atoms with Crippen LogP contribution >= 0.6 is 0 Å². The van der Waals surface area contributed by atoms with Crippen LogP contribution in [0, 0.1) is 0 Å². The summed E-state index contributed by atoms with van der Waals surface area (Å²) in [6.45, 7) is 7.80. The van der Waals surface area contributed by atoms with Gasteiger partial charge in [0.15, 0.2) is 0 Å². The molecule has 0 spiro atoms. The zero-order valence-corrected chi connectivity index (χ0v) is 14.4. The molecule has 2 aromatic rings. The molecule has 0 aromatic heterocycles. The number of carbonyl (C=O) groups excluding carboxylic acids is 1. The maximum atomic E-state index is 12.0. The number of nitrogens with one attached hydrogen (secondary N) is 2. The predicted octanol–water partition coefficient (Wildman–Crippen LogP) is 3.72. The van der Waals surface area contributed by atoms with E-state index in [2.05, 4.69) is 65.8 Å². The lowest BCUT2D eigenvalue weighted by Gasteiger charge is -2.18. The Balaban J connectivity index is 1.57. The van der Waals surface area contributed by atoms with E-state index in [1.54, 1.807) is 0 Å². The van der Waals surface area contributed by atoms with Gasteiger partial charge < -0.3 is 15.5 Å². The van der Waals surface area contributed by atoms with Gasteiger partial charge in [-0.15, -0.1) is 0 Å². The fourth-order valence-corrected chi connectivity index (χ4v) is 3.27. The van der Waals surface area contributed by atoms with Crippen molar-refractivity contribution in [2.75, 3.05) is 31.5 Å². The first-order chi connectivity index (χ1) is 11.7. The monoisotopic (exact) mass is 323 g/mol. The summed E-state index contributed by atoms with van der Waals surface area (Å²) >= 11 is 0. The summed E-state index contributed by atoms with van der Waals surface area (Å²) in [5.41, 5.74) is 6.06. The van der Waals surface area contributed by atoms with Crippen molar-refractivity contribution >= 4 is 11.7 Å². The van der Waals surface area contributed by atoms with Crippen LogP contribution in [0.15, 0.2) is 42.5 Å². The molecule has 2 amide bonds. The standard InChI is InChI=1S/C20H25N3O/c1-3-23(4-2)12-11-21-20(24)22-17-9-10-19-16(14-17)13-15-7-5-6-8-18(15)19/h5-10,14H,3-4,11-13H2,1-2H3,(H2,21,22,24). The lowest BCUT2D eigenvalue weighted by atomic mass is 10.1. The van der Waals surface area contributed by atoms with Gasteiger partial charge in [0, 0.05) is 18.8 Å². The van der Waals surface area contributed by atoms with E-state index in [4.69, 9.17) is 0 Å². The number of hydrogen-bond donors (Lipinski definition) is 2. The number of urea groups is 1. The van der Waals surface area contributed by atoms with Crippen LogP contribution in [0.2, 0.25) is 0 Å². The number of benzene rings is 2. The number of nitrogens with zero attached hydrogens (tertiary/aromatic N) is 1. The third-order valence-electron chi connectivity index (χ3n) is 4.66. The summed E-state index contributed by atoms with van der Waals surface area (Å²) in [6.07, 6.45) is 0.935. The Bertz CT molecular complexity index is 723. The highest BCUT2D eigenvalue weighted by molar-refractivity contribution is 5.90. The van der Waals surface area contributed by atoms with Gasteiger partial charge in [-0.3, -0.25) is 0 Å². The van der Waals surface area contributed by atoms with Crippen LogP contribution < -0.4 is 10.6 Å². The van der Waals surface area contributed by atoms with Crippen LogP contribution in [0.4, 0.5) is 10.5 Å². The Hall–Kier alpha value is -2.33. The molecule has 1 aliphatic carbocycles. The third-order valence-corrected chi connectivity index (χ3v) is 4.66. The van der Waals surface area contributed by atoms with Gasteiger partial charge in [-0.1, -0.05) is 44.2 Å². The van der Waals surface area contributed by atoms with Gasteiger partial charge in [0.2, 0.25) is 0 Å². The first-order valence-corrected chi connectivity index (χ1v) is 8.69. The second-order valence-electron chi connectivity index (χ2n) is 6.11. The van der Waals surface area contributed by atoms with Crippen LogP contribution in [0.1, 0.15) is 25.0 Å². The van der Waals surface area contributed by atoms with Gasteiger partial charge in [-0.05, 0) is 53.9 Å². The highest BCUT2D eigenvalue weighted by Gasteiger charge is 2.18. The van der Waals surface area contributed by atoms with Crippen LogP contribution in [0.3, 0.4) is 0 Å². The Morgan fingerprint density at radius 1 is 1.04 bits per heavy atom. The van der Waals surface area contributed by atoms with Crippen molar-refractivity contribution in [1.82, 2.24) is 10.2 Å². The Kier molecular flexibility index (Phi) is 5.16. The fraction of sp³-hybridized carbons (Fsp3) is 0.350.